The smallest absolute Gasteiger partial charge is 0.128 e. The highest BCUT2D eigenvalue weighted by Gasteiger charge is 2.16. The van der Waals surface area contributed by atoms with E-state index in [0.29, 0.717) is 12.4 Å². The first-order valence-electron chi connectivity index (χ1n) is 17.1. The molecule has 3 heterocycles. The topological polar surface area (TPSA) is 50.4 Å². The fraction of sp³-hybridized carbons (Fsp3) is 0.0444. The molecule has 0 radical (unpaired) electrons. The van der Waals surface area contributed by atoms with Gasteiger partial charge in [-0.3, -0.25) is 5.32 Å². The normalized spacial score (nSPS) is 13.0. The number of fused-ring (bicyclic) bond motifs is 9. The number of aliphatic imine (C=N–C) groups is 1. The van der Waals surface area contributed by atoms with E-state index >= 15 is 0 Å². The predicted molar refractivity (Wildman–Crippen MR) is 224 cm³/mol. The molecule has 0 aliphatic heterocycles. The molecule has 1 unspecified atom stereocenters. The highest BCUT2D eigenvalue weighted by molar-refractivity contribution is 7.27. The maximum Gasteiger partial charge on any atom is 0.128 e. The van der Waals surface area contributed by atoms with Crippen LogP contribution in [0.15, 0.2) is 157 Å². The van der Waals surface area contributed by atoms with Crippen molar-refractivity contribution < 1.29 is 0 Å². The maximum atomic E-state index is 6.77. The number of amidine groups is 1. The highest BCUT2D eigenvalue weighted by atomic mass is 32.1. The van der Waals surface area contributed by atoms with Crippen LogP contribution in [0.5, 0.6) is 0 Å². The molecule has 10 rings (SSSR count). The second-order valence-corrected chi connectivity index (χ2v) is 16.1. The van der Waals surface area contributed by atoms with Gasteiger partial charge in [-0.2, -0.15) is 0 Å². The first kappa shape index (κ1) is 30.5. The van der Waals surface area contributed by atoms with Crippen LogP contribution in [0.4, 0.5) is 0 Å². The summed E-state index contributed by atoms with van der Waals surface area (Å²) in [5.41, 5.74) is 12.6. The predicted octanol–water partition coefficient (Wildman–Crippen LogP) is 12.7. The van der Waals surface area contributed by atoms with Crippen molar-refractivity contribution >= 4 is 100 Å². The summed E-state index contributed by atoms with van der Waals surface area (Å²) in [6.45, 7) is 0.657. The van der Waals surface area contributed by atoms with Crippen molar-refractivity contribution in [2.75, 3.05) is 0 Å². The summed E-state index contributed by atoms with van der Waals surface area (Å²) in [6, 6.07) is 54.4. The number of nitrogens with one attached hydrogen (secondary N) is 1. The van der Waals surface area contributed by atoms with Crippen LogP contribution in [0, 0.1) is 0 Å². The van der Waals surface area contributed by atoms with Gasteiger partial charge in [-0.15, -0.1) is 34.0 Å². The number of hydrogen-bond acceptors (Lipinski definition) is 5. The van der Waals surface area contributed by atoms with Gasteiger partial charge in [0, 0.05) is 72.6 Å². The number of rotatable bonds is 7. The summed E-state index contributed by atoms with van der Waals surface area (Å²) in [5, 5.41) is 11.5. The lowest BCUT2D eigenvalue weighted by Gasteiger charge is -2.17. The van der Waals surface area contributed by atoms with Gasteiger partial charge in [0.25, 0.3) is 0 Å². The van der Waals surface area contributed by atoms with Crippen LogP contribution < -0.4 is 11.1 Å². The van der Waals surface area contributed by atoms with Gasteiger partial charge >= 0.3 is 0 Å². The maximum absolute atomic E-state index is 6.77. The second kappa shape index (κ2) is 12.4. The molecule has 0 amide bonds. The summed E-state index contributed by atoms with van der Waals surface area (Å²) in [5.74, 6) is 0.525. The molecular weight excluding hydrogens is 679 g/mol. The van der Waals surface area contributed by atoms with Gasteiger partial charge in [0.15, 0.2) is 0 Å². The summed E-state index contributed by atoms with van der Waals surface area (Å²) >= 11 is 5.54. The molecule has 0 saturated heterocycles. The van der Waals surface area contributed by atoms with Crippen LogP contribution in [0.2, 0.25) is 0 Å². The van der Waals surface area contributed by atoms with Crippen molar-refractivity contribution in [3.63, 3.8) is 0 Å². The van der Waals surface area contributed by atoms with Gasteiger partial charge in [-0.25, -0.2) is 4.99 Å². The third-order valence-electron chi connectivity index (χ3n) is 9.84. The monoisotopic (exact) mass is 709 g/mol. The van der Waals surface area contributed by atoms with Crippen LogP contribution in [0.1, 0.15) is 22.9 Å². The molecule has 0 fully saturated rings. The van der Waals surface area contributed by atoms with Crippen LogP contribution in [0.3, 0.4) is 0 Å². The molecule has 3 aromatic heterocycles. The first-order chi connectivity index (χ1) is 25.2. The lowest BCUT2D eigenvalue weighted by Crippen LogP contribution is -2.24. The average molecular weight is 710 g/mol. The Hall–Kier alpha value is -5.37. The zero-order chi connectivity index (χ0) is 33.9. The fourth-order valence-electron chi connectivity index (χ4n) is 7.32. The number of hydrogen-bond donors (Lipinski definition) is 2. The Labute approximate surface area is 306 Å². The molecule has 3 N–H and O–H groups in total. The van der Waals surface area contributed by atoms with Crippen molar-refractivity contribution in [1.82, 2.24) is 5.32 Å². The SMILES string of the molecule is N/C(=N\C(NCc1cccc2c1sc1ccc(-c3cccc4c3sc3ccccc34)cc12)c1ccccc1)c1ccc2c(c1)sc1ccccc12. The van der Waals surface area contributed by atoms with Crippen molar-refractivity contribution in [2.45, 2.75) is 12.7 Å². The third-order valence-corrected chi connectivity index (χ3v) is 13.5. The van der Waals surface area contributed by atoms with Gasteiger partial charge in [-0.05, 0) is 52.6 Å². The standard InChI is InChI=1S/C45H31N3S3/c46-44(29-20-22-34-32-13-4-6-18-38(32)49-41(34)25-29)48-45(27-10-2-1-3-11-27)47-26-30-12-8-16-36-37-24-28(21-23-40(37)50-42(30)36)31-15-9-17-35-33-14-5-7-19-39(33)51-43(31)35/h1-25,45,47H,26H2,(H2,46,48). The lowest BCUT2D eigenvalue weighted by molar-refractivity contribution is 0.556. The van der Waals surface area contributed by atoms with Crippen LogP contribution >= 0.6 is 34.0 Å². The van der Waals surface area contributed by atoms with E-state index in [1.807, 2.05) is 28.7 Å². The Morgan fingerprint density at radius 3 is 2.02 bits per heavy atom. The summed E-state index contributed by atoms with van der Waals surface area (Å²) in [7, 11) is 0. The Balaban J connectivity index is 0.991. The molecule has 0 bridgehead atoms. The van der Waals surface area contributed by atoms with Gasteiger partial charge < -0.3 is 5.73 Å². The number of thiophene rings is 3. The average Bonchev–Trinajstić information content (AvgIpc) is 3.87. The molecule has 244 valence electrons. The van der Waals surface area contributed by atoms with E-state index in [1.54, 1.807) is 11.3 Å². The van der Waals surface area contributed by atoms with Crippen molar-refractivity contribution in [1.29, 1.82) is 0 Å². The van der Waals surface area contributed by atoms with Crippen LogP contribution in [0.25, 0.3) is 71.6 Å². The van der Waals surface area contributed by atoms with Gasteiger partial charge in [0.05, 0.1) is 0 Å². The Bertz CT molecular complexity index is 2950. The van der Waals surface area contributed by atoms with Gasteiger partial charge in [0.2, 0.25) is 0 Å². The number of nitrogens with two attached hydrogens (primary N) is 1. The molecule has 6 heteroatoms. The number of benzene rings is 7. The molecule has 51 heavy (non-hydrogen) atoms. The van der Waals surface area contributed by atoms with Crippen molar-refractivity contribution in [3.8, 4) is 11.1 Å². The Morgan fingerprint density at radius 1 is 0.529 bits per heavy atom. The third kappa shape index (κ3) is 5.31. The van der Waals surface area contributed by atoms with Crippen molar-refractivity contribution in [3.05, 3.63) is 168 Å². The van der Waals surface area contributed by atoms with Crippen molar-refractivity contribution in [2.24, 2.45) is 10.7 Å². The van der Waals surface area contributed by atoms with E-state index in [9.17, 15) is 0 Å². The van der Waals surface area contributed by atoms with E-state index in [4.69, 9.17) is 10.7 Å². The molecule has 0 aliphatic rings. The Morgan fingerprint density at radius 2 is 1.18 bits per heavy atom. The molecule has 10 aromatic rings. The summed E-state index contributed by atoms with van der Waals surface area (Å²) in [4.78, 5) is 5.09. The quantitative estimate of drug-likeness (QED) is 0.128. The number of nitrogens with zero attached hydrogens (tertiary/aromatic N) is 1. The first-order valence-corrected chi connectivity index (χ1v) is 19.5. The second-order valence-electron chi connectivity index (χ2n) is 12.9. The molecular formula is C45H31N3S3. The van der Waals surface area contributed by atoms with E-state index < -0.39 is 0 Å². The molecule has 1 atom stereocenters. The zero-order valence-electron chi connectivity index (χ0n) is 27.5. The molecule has 0 aliphatic carbocycles. The van der Waals surface area contributed by atoms with E-state index in [-0.39, 0.29) is 6.17 Å². The molecule has 3 nitrogen and oxygen atoms in total. The summed E-state index contributed by atoms with van der Waals surface area (Å²) in [6.07, 6.45) is -0.303. The molecule has 0 spiro atoms. The van der Waals surface area contributed by atoms with Gasteiger partial charge in [-0.1, -0.05) is 121 Å². The zero-order valence-corrected chi connectivity index (χ0v) is 29.9. The minimum absolute atomic E-state index is 0.303. The van der Waals surface area contributed by atoms with E-state index in [0.717, 1.165) is 11.1 Å². The minimum atomic E-state index is -0.303. The van der Waals surface area contributed by atoms with E-state index in [1.165, 1.54) is 77.2 Å². The minimum Gasteiger partial charge on any atom is -0.383 e. The highest BCUT2D eigenvalue weighted by Crippen LogP contribution is 2.43. The molecule has 0 saturated carbocycles. The lowest BCUT2D eigenvalue weighted by atomic mass is 10.0. The van der Waals surface area contributed by atoms with Crippen LogP contribution in [-0.2, 0) is 6.54 Å². The largest absolute Gasteiger partial charge is 0.383 e. The molecule has 7 aromatic carbocycles. The summed E-state index contributed by atoms with van der Waals surface area (Å²) < 4.78 is 7.77. The fourth-order valence-corrected chi connectivity index (χ4v) is 10.9. The Kier molecular flexibility index (Phi) is 7.43. The van der Waals surface area contributed by atoms with Gasteiger partial charge in [0.1, 0.15) is 12.0 Å². The van der Waals surface area contributed by atoms with E-state index in [2.05, 4.69) is 151 Å². The van der Waals surface area contributed by atoms with Crippen LogP contribution in [-0.4, -0.2) is 5.84 Å².